The fourth-order valence-corrected chi connectivity index (χ4v) is 9.57. The Labute approximate surface area is 227 Å². The van der Waals surface area contributed by atoms with E-state index in [1.54, 1.807) is 0 Å². The third-order valence-electron chi connectivity index (χ3n) is 11.5. The molecule has 0 unspecified atom stereocenters. The highest BCUT2D eigenvalue weighted by molar-refractivity contribution is 5.66. The number of aromatic nitrogens is 3. The molecule has 0 amide bonds. The van der Waals surface area contributed by atoms with Gasteiger partial charge < -0.3 is 9.84 Å². The Morgan fingerprint density at radius 3 is 2.58 bits per heavy atom. The molecule has 2 aromatic rings. The van der Waals surface area contributed by atoms with Gasteiger partial charge in [-0.15, -0.1) is 5.10 Å². The van der Waals surface area contributed by atoms with E-state index >= 15 is 0 Å². The summed E-state index contributed by atoms with van der Waals surface area (Å²) >= 11 is 0. The number of hydrogen-bond acceptors (Lipinski definition) is 5. The smallest absolute Gasteiger partial charge is 0.302 e. The summed E-state index contributed by atoms with van der Waals surface area (Å²) in [6, 6.07) is 8.92. The number of carbonyl (C=O) groups excluding carboxylic acids is 1. The summed E-state index contributed by atoms with van der Waals surface area (Å²) in [6.07, 6.45) is 12.7. The number of nitrogens with zero attached hydrogens (tertiary/aromatic N) is 3. The number of aryl methyl sites for hydroxylation is 1. The number of aliphatic hydroxyl groups is 1. The number of benzene rings is 1. The van der Waals surface area contributed by atoms with Gasteiger partial charge in [0, 0.05) is 12.5 Å². The summed E-state index contributed by atoms with van der Waals surface area (Å²) < 4.78 is 7.76. The average molecular weight is 520 g/mol. The van der Waals surface area contributed by atoms with Gasteiger partial charge in [-0.2, -0.15) is 0 Å². The summed E-state index contributed by atoms with van der Waals surface area (Å²) in [5.74, 6) is 2.11. The first-order valence-corrected chi connectivity index (χ1v) is 15.1. The second-order valence-corrected chi connectivity index (χ2v) is 13.5. The SMILES string of the molecule is CCCc1ccc(-c2cn([C@@H]3C[C@H](O)[C@@]4(C)CC[C@H]5[C@@H](CC[C@H]6C[C@@H](OC(C)=O)CC[C@@]65C)[C@H]34)nn2)cc1. The van der Waals surface area contributed by atoms with Gasteiger partial charge in [-0.3, -0.25) is 4.79 Å². The van der Waals surface area contributed by atoms with E-state index in [0.717, 1.165) is 56.2 Å². The minimum atomic E-state index is -0.301. The van der Waals surface area contributed by atoms with Gasteiger partial charge in [0.25, 0.3) is 0 Å². The van der Waals surface area contributed by atoms with Crippen molar-refractivity contribution in [1.29, 1.82) is 0 Å². The molecular weight excluding hydrogens is 474 g/mol. The number of fused-ring (bicyclic) bond motifs is 5. The van der Waals surface area contributed by atoms with Crippen molar-refractivity contribution in [2.45, 2.75) is 110 Å². The van der Waals surface area contributed by atoms with Crippen LogP contribution in [-0.2, 0) is 16.0 Å². The van der Waals surface area contributed by atoms with Crippen LogP contribution in [0.3, 0.4) is 0 Å². The fourth-order valence-electron chi connectivity index (χ4n) is 9.57. The summed E-state index contributed by atoms with van der Waals surface area (Å²) in [6.45, 7) is 8.61. The van der Waals surface area contributed by atoms with Crippen molar-refractivity contribution in [2.75, 3.05) is 0 Å². The molecule has 206 valence electrons. The third kappa shape index (κ3) is 4.22. The predicted molar refractivity (Wildman–Crippen MR) is 147 cm³/mol. The maximum absolute atomic E-state index is 11.6. The number of ether oxygens (including phenoxy) is 1. The maximum atomic E-state index is 11.6. The molecule has 0 spiro atoms. The van der Waals surface area contributed by atoms with Crippen molar-refractivity contribution in [3.05, 3.63) is 36.0 Å². The Bertz CT molecular complexity index is 1160. The molecule has 6 nitrogen and oxygen atoms in total. The van der Waals surface area contributed by atoms with Crippen LogP contribution >= 0.6 is 0 Å². The predicted octanol–water partition coefficient (Wildman–Crippen LogP) is 6.38. The average Bonchev–Trinajstić information content (AvgIpc) is 3.47. The Morgan fingerprint density at radius 1 is 1.08 bits per heavy atom. The highest BCUT2D eigenvalue weighted by Gasteiger charge is 2.63. The van der Waals surface area contributed by atoms with E-state index in [2.05, 4.69) is 66.2 Å². The van der Waals surface area contributed by atoms with Gasteiger partial charge in [-0.05, 0) is 97.9 Å². The van der Waals surface area contributed by atoms with Crippen molar-refractivity contribution < 1.29 is 14.6 Å². The monoisotopic (exact) mass is 519 g/mol. The standard InChI is InChI=1S/C32H45N3O3/c1-5-6-21-7-9-22(10-8-21)27-19-35(34-33-27)28-18-29(37)32(4)16-14-26-25(30(28)32)12-11-23-17-24(38-20(2)36)13-15-31(23,26)3/h7-10,19,23-26,28-30,37H,5-6,11-18H2,1-4H3/t23-,24-,25+,26-,28+,29-,30+,31-,32+/m0/s1. The van der Waals surface area contributed by atoms with Crippen LogP contribution in [0.4, 0.5) is 0 Å². The second-order valence-electron chi connectivity index (χ2n) is 13.5. The fraction of sp³-hybridized carbons (Fsp3) is 0.719. The normalized spacial score (nSPS) is 40.2. The molecule has 0 bridgehead atoms. The Kier molecular flexibility index (Phi) is 6.69. The first-order chi connectivity index (χ1) is 18.2. The molecule has 1 heterocycles. The topological polar surface area (TPSA) is 77.2 Å². The van der Waals surface area contributed by atoms with Crippen LogP contribution in [0.2, 0.25) is 0 Å². The van der Waals surface area contributed by atoms with Crippen LogP contribution in [0, 0.1) is 34.5 Å². The van der Waals surface area contributed by atoms with Crippen LogP contribution in [0.25, 0.3) is 11.3 Å². The lowest BCUT2D eigenvalue weighted by molar-refractivity contribution is -0.162. The first-order valence-electron chi connectivity index (χ1n) is 15.1. The van der Waals surface area contributed by atoms with E-state index in [1.165, 1.54) is 31.7 Å². The molecule has 4 saturated carbocycles. The van der Waals surface area contributed by atoms with Gasteiger partial charge >= 0.3 is 5.97 Å². The lowest BCUT2D eigenvalue weighted by atomic mass is 9.45. The van der Waals surface area contributed by atoms with Gasteiger partial charge in [0.2, 0.25) is 0 Å². The van der Waals surface area contributed by atoms with Crippen molar-refractivity contribution in [2.24, 2.45) is 34.5 Å². The molecule has 4 fully saturated rings. The first kappa shape index (κ1) is 26.0. The number of rotatable bonds is 5. The zero-order valence-corrected chi connectivity index (χ0v) is 23.6. The molecule has 6 rings (SSSR count). The molecule has 0 aliphatic heterocycles. The van der Waals surface area contributed by atoms with Gasteiger partial charge in [-0.1, -0.05) is 56.7 Å². The molecule has 4 aliphatic carbocycles. The lowest BCUT2D eigenvalue weighted by Crippen LogP contribution is -2.55. The summed E-state index contributed by atoms with van der Waals surface area (Å²) in [5.41, 5.74) is 3.60. The molecule has 4 aliphatic rings. The van der Waals surface area contributed by atoms with Crippen molar-refractivity contribution >= 4 is 5.97 Å². The van der Waals surface area contributed by atoms with E-state index < -0.39 is 0 Å². The van der Waals surface area contributed by atoms with Crippen LogP contribution in [0.15, 0.2) is 30.5 Å². The van der Waals surface area contributed by atoms with E-state index in [1.807, 2.05) is 0 Å². The molecule has 38 heavy (non-hydrogen) atoms. The van der Waals surface area contributed by atoms with Crippen LogP contribution in [0.1, 0.15) is 97.1 Å². The molecule has 6 heteroatoms. The Balaban J connectivity index is 1.26. The summed E-state index contributed by atoms with van der Waals surface area (Å²) in [7, 11) is 0. The zero-order valence-electron chi connectivity index (χ0n) is 23.6. The largest absolute Gasteiger partial charge is 0.463 e. The van der Waals surface area contributed by atoms with E-state index in [9.17, 15) is 9.90 Å². The van der Waals surface area contributed by atoms with Crippen molar-refractivity contribution in [3.8, 4) is 11.3 Å². The number of esters is 1. The number of hydrogen-bond donors (Lipinski definition) is 1. The molecule has 9 atom stereocenters. The van der Waals surface area contributed by atoms with Gasteiger partial charge in [0.05, 0.1) is 18.3 Å². The van der Waals surface area contributed by atoms with Gasteiger partial charge in [0.15, 0.2) is 0 Å². The van der Waals surface area contributed by atoms with E-state index in [4.69, 9.17) is 4.74 Å². The molecule has 0 saturated heterocycles. The third-order valence-corrected chi connectivity index (χ3v) is 11.5. The minimum Gasteiger partial charge on any atom is -0.463 e. The highest BCUT2D eigenvalue weighted by atomic mass is 16.5. The molecule has 1 aromatic heterocycles. The highest BCUT2D eigenvalue weighted by Crippen LogP contribution is 2.68. The summed E-state index contributed by atoms with van der Waals surface area (Å²) in [4.78, 5) is 11.6. The van der Waals surface area contributed by atoms with Gasteiger partial charge in [0.1, 0.15) is 11.8 Å². The second kappa shape index (κ2) is 9.76. The molecule has 1 aromatic carbocycles. The molecule has 1 N–H and O–H groups in total. The van der Waals surface area contributed by atoms with Crippen LogP contribution < -0.4 is 0 Å². The Morgan fingerprint density at radius 2 is 1.84 bits per heavy atom. The van der Waals surface area contributed by atoms with Crippen LogP contribution in [-0.4, -0.2) is 38.3 Å². The lowest BCUT2D eigenvalue weighted by Gasteiger charge is -2.61. The van der Waals surface area contributed by atoms with Crippen molar-refractivity contribution in [3.63, 3.8) is 0 Å². The Hall–Kier alpha value is -2.21. The zero-order chi connectivity index (χ0) is 26.7. The number of carbonyl (C=O) groups is 1. The molecule has 0 radical (unpaired) electrons. The van der Waals surface area contributed by atoms with E-state index in [-0.39, 0.29) is 35.0 Å². The summed E-state index contributed by atoms with van der Waals surface area (Å²) in [5, 5.41) is 20.7. The maximum Gasteiger partial charge on any atom is 0.302 e. The quantitative estimate of drug-likeness (QED) is 0.464. The van der Waals surface area contributed by atoms with Crippen molar-refractivity contribution in [1.82, 2.24) is 15.0 Å². The number of aliphatic hydroxyl groups excluding tert-OH is 1. The minimum absolute atomic E-state index is 0.0715. The van der Waals surface area contributed by atoms with E-state index in [0.29, 0.717) is 23.7 Å². The van der Waals surface area contributed by atoms with Gasteiger partial charge in [-0.25, -0.2) is 4.68 Å². The van der Waals surface area contributed by atoms with Crippen LogP contribution in [0.5, 0.6) is 0 Å². The molecular formula is C32H45N3O3.